The molecule has 1 aromatic heterocycles. The van der Waals surface area contributed by atoms with Gasteiger partial charge in [-0.3, -0.25) is 14.4 Å². The minimum atomic E-state index is -0.958. The number of carbonyl (C=O) groups excluding carboxylic acids is 1. The molecule has 19 heavy (non-hydrogen) atoms. The van der Waals surface area contributed by atoms with E-state index in [0.717, 1.165) is 19.5 Å². The first-order valence-electron chi connectivity index (χ1n) is 6.21. The minimum Gasteiger partial charge on any atom is -0.478 e. The topological polar surface area (TPSA) is 87.5 Å². The first kappa shape index (κ1) is 13.5. The van der Waals surface area contributed by atoms with Crippen molar-refractivity contribution in [3.63, 3.8) is 0 Å². The van der Waals surface area contributed by atoms with E-state index in [1.54, 1.807) is 11.7 Å². The molecular formula is C12H18N4O3. The van der Waals surface area contributed by atoms with Crippen LogP contribution in [-0.4, -0.2) is 50.8 Å². The van der Waals surface area contributed by atoms with Crippen LogP contribution < -0.4 is 5.32 Å². The normalized spacial score (nSPS) is 19.6. The number of likely N-dealkylation sites (tertiary alicyclic amines) is 1. The molecule has 1 aliphatic heterocycles. The highest BCUT2D eigenvalue weighted by atomic mass is 16.4. The van der Waals surface area contributed by atoms with Crippen LogP contribution in [0.1, 0.15) is 29.4 Å². The first-order valence-corrected chi connectivity index (χ1v) is 6.21. The van der Waals surface area contributed by atoms with Crippen molar-refractivity contribution in [3.8, 4) is 0 Å². The summed E-state index contributed by atoms with van der Waals surface area (Å²) in [5.74, 6) is -0.987. The molecule has 0 bridgehead atoms. The minimum absolute atomic E-state index is 0.0291. The third-order valence-electron chi connectivity index (χ3n) is 3.35. The van der Waals surface area contributed by atoms with Gasteiger partial charge in [-0.2, -0.15) is 5.10 Å². The predicted molar refractivity (Wildman–Crippen MR) is 67.7 cm³/mol. The molecule has 0 radical (unpaired) electrons. The Morgan fingerprint density at radius 3 is 2.95 bits per heavy atom. The lowest BCUT2D eigenvalue weighted by Gasteiger charge is -2.16. The number of nitrogens with zero attached hydrogens (tertiary/aromatic N) is 3. The van der Waals surface area contributed by atoms with Crippen LogP contribution in [0.4, 0.5) is 0 Å². The van der Waals surface area contributed by atoms with Crippen molar-refractivity contribution in [3.05, 3.63) is 17.5 Å². The number of aryl methyl sites for hydroxylation is 1. The molecule has 1 aliphatic rings. The average Bonchev–Trinajstić information content (AvgIpc) is 2.87. The second kappa shape index (κ2) is 5.40. The number of aromatic nitrogens is 2. The van der Waals surface area contributed by atoms with Crippen LogP contribution in [-0.2, 0) is 18.4 Å². The van der Waals surface area contributed by atoms with Gasteiger partial charge in [0.05, 0.1) is 11.9 Å². The molecule has 1 atom stereocenters. The molecule has 1 fully saturated rings. The van der Waals surface area contributed by atoms with E-state index in [-0.39, 0.29) is 17.5 Å². The van der Waals surface area contributed by atoms with Crippen LogP contribution >= 0.6 is 0 Å². The van der Waals surface area contributed by atoms with Gasteiger partial charge in [0.1, 0.15) is 5.56 Å². The molecular weight excluding hydrogens is 248 g/mol. The fourth-order valence-corrected chi connectivity index (χ4v) is 2.42. The van der Waals surface area contributed by atoms with E-state index in [1.807, 2.05) is 0 Å². The van der Waals surface area contributed by atoms with Crippen LogP contribution in [0.3, 0.4) is 0 Å². The quantitative estimate of drug-likeness (QED) is 0.790. The van der Waals surface area contributed by atoms with Gasteiger partial charge >= 0.3 is 5.97 Å². The van der Waals surface area contributed by atoms with Crippen LogP contribution in [0.2, 0.25) is 0 Å². The number of aromatic carboxylic acids is 1. The van der Waals surface area contributed by atoms with Crippen LogP contribution in [0, 0.1) is 0 Å². The van der Waals surface area contributed by atoms with Crippen LogP contribution in [0.25, 0.3) is 0 Å². The fourth-order valence-electron chi connectivity index (χ4n) is 2.42. The lowest BCUT2D eigenvalue weighted by molar-refractivity contribution is -0.119. The Kier molecular flexibility index (Phi) is 3.84. The summed E-state index contributed by atoms with van der Waals surface area (Å²) in [5.41, 5.74) is 0.932. The summed E-state index contributed by atoms with van der Waals surface area (Å²) in [6.07, 6.45) is 2.26. The van der Waals surface area contributed by atoms with Gasteiger partial charge in [0.15, 0.2) is 0 Å². The molecule has 104 valence electrons. The molecule has 7 nitrogen and oxygen atoms in total. The summed E-state index contributed by atoms with van der Waals surface area (Å²) in [6, 6.07) is 0.152. The Morgan fingerprint density at radius 1 is 1.58 bits per heavy atom. The molecule has 2 N–H and O–H groups in total. The van der Waals surface area contributed by atoms with E-state index in [9.17, 15) is 9.59 Å². The molecule has 0 aliphatic carbocycles. The number of carbonyl (C=O) groups is 2. The maximum Gasteiger partial charge on any atom is 0.339 e. The number of nitrogens with one attached hydrogen (secondary N) is 1. The maximum atomic E-state index is 11.1. The van der Waals surface area contributed by atoms with Gasteiger partial charge in [-0.25, -0.2) is 4.79 Å². The number of hydrogen-bond donors (Lipinski definition) is 2. The molecule has 1 aromatic rings. The molecule has 1 saturated heterocycles. The van der Waals surface area contributed by atoms with Gasteiger partial charge in [-0.1, -0.05) is 0 Å². The molecule has 2 heterocycles. The lowest BCUT2D eigenvalue weighted by atomic mass is 10.2. The standard InChI is InChI=1S/C12H18N4O3/c1-8(17)14-9-3-4-16(6-9)7-11-10(12(18)19)5-13-15(11)2/h5,9H,3-4,6-7H2,1-2H3,(H,14,17)(H,18,19). The number of hydrogen-bond acceptors (Lipinski definition) is 4. The first-order chi connectivity index (χ1) is 8.97. The van der Waals surface area contributed by atoms with E-state index in [4.69, 9.17) is 5.11 Å². The highest BCUT2D eigenvalue weighted by Gasteiger charge is 2.25. The summed E-state index contributed by atoms with van der Waals surface area (Å²) in [4.78, 5) is 24.2. The molecule has 0 saturated carbocycles. The Morgan fingerprint density at radius 2 is 2.32 bits per heavy atom. The predicted octanol–water partition coefficient (Wildman–Crippen LogP) is -0.171. The van der Waals surface area contributed by atoms with Crippen molar-refractivity contribution in [1.29, 1.82) is 0 Å². The van der Waals surface area contributed by atoms with Crippen LogP contribution in [0.15, 0.2) is 6.20 Å². The van der Waals surface area contributed by atoms with Crippen molar-refractivity contribution < 1.29 is 14.7 Å². The smallest absolute Gasteiger partial charge is 0.339 e. The van der Waals surface area contributed by atoms with E-state index >= 15 is 0 Å². The third-order valence-corrected chi connectivity index (χ3v) is 3.35. The van der Waals surface area contributed by atoms with Gasteiger partial charge in [0.25, 0.3) is 0 Å². The molecule has 0 aromatic carbocycles. The summed E-state index contributed by atoms with van der Waals surface area (Å²) in [6.45, 7) is 3.62. The van der Waals surface area contributed by atoms with Gasteiger partial charge in [0, 0.05) is 39.6 Å². The second-order valence-electron chi connectivity index (χ2n) is 4.85. The number of amides is 1. The van der Waals surface area contributed by atoms with Crippen molar-refractivity contribution in [2.75, 3.05) is 13.1 Å². The number of carboxylic acids is 1. The Bertz CT molecular complexity index is 497. The zero-order chi connectivity index (χ0) is 14.0. The van der Waals surface area contributed by atoms with E-state index in [1.165, 1.54) is 13.1 Å². The number of carboxylic acid groups (broad SMARTS) is 1. The molecule has 2 rings (SSSR count). The van der Waals surface area contributed by atoms with E-state index < -0.39 is 5.97 Å². The van der Waals surface area contributed by atoms with Crippen molar-refractivity contribution in [1.82, 2.24) is 20.0 Å². The Balaban J connectivity index is 2.01. The Labute approximate surface area is 111 Å². The monoisotopic (exact) mass is 266 g/mol. The van der Waals surface area contributed by atoms with Gasteiger partial charge in [-0.15, -0.1) is 0 Å². The largest absolute Gasteiger partial charge is 0.478 e. The molecule has 7 heteroatoms. The van der Waals surface area contributed by atoms with E-state index in [0.29, 0.717) is 12.2 Å². The van der Waals surface area contributed by atoms with Crippen LogP contribution in [0.5, 0.6) is 0 Å². The molecule has 0 spiro atoms. The highest BCUT2D eigenvalue weighted by molar-refractivity contribution is 5.88. The highest BCUT2D eigenvalue weighted by Crippen LogP contribution is 2.16. The lowest BCUT2D eigenvalue weighted by Crippen LogP contribution is -2.35. The Hall–Kier alpha value is -1.89. The van der Waals surface area contributed by atoms with Crippen molar-refractivity contribution >= 4 is 11.9 Å². The van der Waals surface area contributed by atoms with E-state index in [2.05, 4.69) is 15.3 Å². The zero-order valence-corrected chi connectivity index (χ0v) is 11.1. The second-order valence-corrected chi connectivity index (χ2v) is 4.85. The van der Waals surface area contributed by atoms with Gasteiger partial charge < -0.3 is 10.4 Å². The summed E-state index contributed by atoms with van der Waals surface area (Å²) >= 11 is 0. The summed E-state index contributed by atoms with van der Waals surface area (Å²) in [7, 11) is 1.74. The third kappa shape index (κ3) is 3.11. The van der Waals surface area contributed by atoms with Gasteiger partial charge in [0.2, 0.25) is 5.91 Å². The SMILES string of the molecule is CC(=O)NC1CCN(Cc2c(C(=O)O)cnn2C)C1. The zero-order valence-electron chi connectivity index (χ0n) is 11.1. The fraction of sp³-hybridized carbons (Fsp3) is 0.583. The van der Waals surface area contributed by atoms with Crippen molar-refractivity contribution in [2.24, 2.45) is 7.05 Å². The maximum absolute atomic E-state index is 11.1. The summed E-state index contributed by atoms with van der Waals surface area (Å²) < 4.78 is 1.59. The number of rotatable bonds is 4. The van der Waals surface area contributed by atoms with Crippen molar-refractivity contribution in [2.45, 2.75) is 25.9 Å². The summed E-state index contributed by atoms with van der Waals surface area (Å²) in [5, 5.41) is 16.0. The van der Waals surface area contributed by atoms with Gasteiger partial charge in [-0.05, 0) is 6.42 Å². The average molecular weight is 266 g/mol. The molecule has 1 amide bonds. The molecule has 1 unspecified atom stereocenters.